The van der Waals surface area contributed by atoms with Crippen LogP contribution in [0.15, 0.2) is 29.5 Å². The first-order valence-electron chi connectivity index (χ1n) is 9.83. The van der Waals surface area contributed by atoms with Crippen molar-refractivity contribution >= 4 is 29.9 Å². The largest absolute Gasteiger partial charge is 0.493 e. The quantitative estimate of drug-likeness (QED) is 0.278. The summed E-state index contributed by atoms with van der Waals surface area (Å²) in [6, 6.07) is 3.81. The van der Waals surface area contributed by atoms with E-state index in [0.29, 0.717) is 36.3 Å². The Kier molecular flexibility index (Phi) is 11.4. The molecule has 0 radical (unpaired) electrons. The van der Waals surface area contributed by atoms with Crippen LogP contribution in [-0.2, 0) is 19.6 Å². The van der Waals surface area contributed by atoms with Crippen molar-refractivity contribution in [3.8, 4) is 17.2 Å². The van der Waals surface area contributed by atoms with E-state index in [4.69, 9.17) is 14.2 Å². The molecule has 0 spiro atoms. The Morgan fingerprint density at radius 1 is 1.10 bits per heavy atom. The molecular formula is C21H34IN5O3. The maximum atomic E-state index is 5.42. The summed E-state index contributed by atoms with van der Waals surface area (Å²) in [4.78, 5) is 9.14. The van der Waals surface area contributed by atoms with Crippen LogP contribution in [0, 0.1) is 5.92 Å². The third kappa shape index (κ3) is 7.26. The number of imidazole rings is 1. The first-order chi connectivity index (χ1) is 14.0. The van der Waals surface area contributed by atoms with Gasteiger partial charge in [0.1, 0.15) is 5.82 Å². The smallest absolute Gasteiger partial charge is 0.203 e. The second-order valence-electron chi connectivity index (χ2n) is 6.97. The van der Waals surface area contributed by atoms with Gasteiger partial charge in [-0.15, -0.1) is 24.0 Å². The summed E-state index contributed by atoms with van der Waals surface area (Å²) in [5.74, 6) is 4.07. The van der Waals surface area contributed by atoms with Crippen molar-refractivity contribution in [1.29, 1.82) is 0 Å². The molecule has 0 saturated heterocycles. The second-order valence-corrected chi connectivity index (χ2v) is 6.97. The molecule has 0 bridgehead atoms. The van der Waals surface area contributed by atoms with Crippen molar-refractivity contribution in [2.75, 3.05) is 27.9 Å². The van der Waals surface area contributed by atoms with E-state index in [2.05, 4.69) is 39.0 Å². The van der Waals surface area contributed by atoms with Crippen molar-refractivity contribution in [2.45, 2.75) is 40.4 Å². The van der Waals surface area contributed by atoms with E-state index < -0.39 is 0 Å². The normalized spacial score (nSPS) is 11.1. The molecule has 2 aromatic rings. The third-order valence-corrected chi connectivity index (χ3v) is 4.27. The van der Waals surface area contributed by atoms with Gasteiger partial charge in [-0.2, -0.15) is 0 Å². The molecule has 0 saturated carbocycles. The standard InChI is InChI=1S/C21H33N5O3.HI/c1-7-22-21(25-13-19-23-8-9-26(19)14-15(2)3)24-12-16-10-17(27-4)20(29-6)18(11-16)28-5;/h8-11,15H,7,12-14H2,1-6H3,(H2,22,24,25);1H. The zero-order valence-electron chi connectivity index (χ0n) is 18.7. The highest BCUT2D eigenvalue weighted by molar-refractivity contribution is 14.0. The number of rotatable bonds is 10. The fourth-order valence-electron chi connectivity index (χ4n) is 2.97. The van der Waals surface area contributed by atoms with Crippen molar-refractivity contribution in [2.24, 2.45) is 10.9 Å². The number of ether oxygens (including phenoxy) is 3. The number of methoxy groups -OCH3 is 3. The first kappa shape index (κ1) is 25.9. The molecule has 0 atom stereocenters. The topological polar surface area (TPSA) is 81.9 Å². The Bertz CT molecular complexity index is 783. The number of hydrogen-bond donors (Lipinski definition) is 2. The van der Waals surface area contributed by atoms with Gasteiger partial charge in [0.15, 0.2) is 17.5 Å². The van der Waals surface area contributed by atoms with Crippen LogP contribution in [0.3, 0.4) is 0 Å². The van der Waals surface area contributed by atoms with Gasteiger partial charge in [0.2, 0.25) is 5.75 Å². The Labute approximate surface area is 196 Å². The molecule has 9 heteroatoms. The van der Waals surface area contributed by atoms with Gasteiger partial charge in [-0.3, -0.25) is 0 Å². The predicted molar refractivity (Wildman–Crippen MR) is 130 cm³/mol. The van der Waals surface area contributed by atoms with E-state index >= 15 is 0 Å². The second kappa shape index (κ2) is 13.2. The maximum absolute atomic E-state index is 5.42. The lowest BCUT2D eigenvalue weighted by atomic mass is 10.2. The van der Waals surface area contributed by atoms with Gasteiger partial charge in [0, 0.05) is 25.5 Å². The molecule has 2 rings (SSSR count). The average molecular weight is 531 g/mol. The highest BCUT2D eigenvalue weighted by Crippen LogP contribution is 2.38. The summed E-state index contributed by atoms with van der Waals surface area (Å²) in [6.45, 7) is 9.20. The number of halogens is 1. The minimum Gasteiger partial charge on any atom is -0.493 e. The number of benzene rings is 1. The van der Waals surface area contributed by atoms with Crippen LogP contribution in [0.2, 0.25) is 0 Å². The molecule has 0 fully saturated rings. The Balaban J connectivity index is 0.00000450. The van der Waals surface area contributed by atoms with Crippen LogP contribution in [0.5, 0.6) is 17.2 Å². The minimum absolute atomic E-state index is 0. The summed E-state index contributed by atoms with van der Waals surface area (Å²) in [5, 5.41) is 6.63. The van der Waals surface area contributed by atoms with E-state index in [1.54, 1.807) is 21.3 Å². The fraction of sp³-hybridized carbons (Fsp3) is 0.524. The summed E-state index contributed by atoms with van der Waals surface area (Å²) in [7, 11) is 4.80. The number of guanidine groups is 1. The molecule has 0 aliphatic carbocycles. The summed E-state index contributed by atoms with van der Waals surface area (Å²) >= 11 is 0. The molecule has 0 amide bonds. The zero-order chi connectivity index (χ0) is 21.2. The van der Waals surface area contributed by atoms with Crippen LogP contribution >= 0.6 is 24.0 Å². The summed E-state index contributed by atoms with van der Waals surface area (Å²) < 4.78 is 18.4. The third-order valence-electron chi connectivity index (χ3n) is 4.27. The van der Waals surface area contributed by atoms with Gasteiger partial charge in [0.05, 0.1) is 34.4 Å². The Hall–Kier alpha value is -2.17. The van der Waals surface area contributed by atoms with Crippen molar-refractivity contribution in [3.63, 3.8) is 0 Å². The highest BCUT2D eigenvalue weighted by Gasteiger charge is 2.13. The van der Waals surface area contributed by atoms with Crippen LogP contribution < -0.4 is 24.8 Å². The van der Waals surface area contributed by atoms with Crippen LogP contribution in [0.25, 0.3) is 0 Å². The highest BCUT2D eigenvalue weighted by atomic mass is 127. The van der Waals surface area contributed by atoms with E-state index in [9.17, 15) is 0 Å². The SMILES string of the molecule is CCNC(=NCc1cc(OC)c(OC)c(OC)c1)NCc1nccn1CC(C)C.I. The fourth-order valence-corrected chi connectivity index (χ4v) is 2.97. The molecule has 0 aliphatic rings. The van der Waals surface area contributed by atoms with Gasteiger partial charge in [-0.1, -0.05) is 13.8 Å². The number of nitrogens with one attached hydrogen (secondary N) is 2. The van der Waals surface area contributed by atoms with Crippen molar-refractivity contribution in [3.05, 3.63) is 35.9 Å². The van der Waals surface area contributed by atoms with Crippen molar-refractivity contribution < 1.29 is 14.2 Å². The van der Waals surface area contributed by atoms with E-state index in [1.165, 1.54) is 0 Å². The molecule has 0 aliphatic heterocycles. The molecule has 1 aromatic heterocycles. The molecule has 1 aromatic carbocycles. The van der Waals surface area contributed by atoms with E-state index in [1.807, 2.05) is 31.5 Å². The zero-order valence-corrected chi connectivity index (χ0v) is 21.0. The van der Waals surface area contributed by atoms with Crippen LogP contribution in [0.4, 0.5) is 0 Å². The molecule has 30 heavy (non-hydrogen) atoms. The van der Waals surface area contributed by atoms with Crippen LogP contribution in [-0.4, -0.2) is 43.4 Å². The molecule has 168 valence electrons. The lowest BCUT2D eigenvalue weighted by molar-refractivity contribution is 0.324. The molecule has 8 nitrogen and oxygen atoms in total. The summed E-state index contributed by atoms with van der Waals surface area (Å²) in [5.41, 5.74) is 0.956. The number of nitrogens with zero attached hydrogens (tertiary/aromatic N) is 3. The predicted octanol–water partition coefficient (Wildman–Crippen LogP) is 3.44. The van der Waals surface area contributed by atoms with Gasteiger partial charge in [0.25, 0.3) is 0 Å². The van der Waals surface area contributed by atoms with Gasteiger partial charge >= 0.3 is 0 Å². The number of hydrogen-bond acceptors (Lipinski definition) is 5. The molecular weight excluding hydrogens is 497 g/mol. The van der Waals surface area contributed by atoms with E-state index in [0.717, 1.165) is 30.4 Å². The van der Waals surface area contributed by atoms with Gasteiger partial charge in [-0.05, 0) is 30.5 Å². The van der Waals surface area contributed by atoms with Crippen LogP contribution in [0.1, 0.15) is 32.2 Å². The Morgan fingerprint density at radius 2 is 1.77 bits per heavy atom. The molecule has 1 heterocycles. The number of aliphatic imine (C=N–C) groups is 1. The summed E-state index contributed by atoms with van der Waals surface area (Å²) in [6.07, 6.45) is 3.84. The van der Waals surface area contributed by atoms with Crippen molar-refractivity contribution in [1.82, 2.24) is 20.2 Å². The van der Waals surface area contributed by atoms with Gasteiger partial charge in [-0.25, -0.2) is 9.98 Å². The monoisotopic (exact) mass is 531 g/mol. The lowest BCUT2D eigenvalue weighted by Gasteiger charge is -2.15. The van der Waals surface area contributed by atoms with E-state index in [-0.39, 0.29) is 24.0 Å². The minimum atomic E-state index is 0. The molecule has 0 unspecified atom stereocenters. The lowest BCUT2D eigenvalue weighted by Crippen LogP contribution is -2.37. The average Bonchev–Trinajstić information content (AvgIpc) is 3.15. The number of aromatic nitrogens is 2. The maximum Gasteiger partial charge on any atom is 0.203 e. The Morgan fingerprint density at radius 3 is 2.30 bits per heavy atom. The first-order valence-corrected chi connectivity index (χ1v) is 9.83. The van der Waals surface area contributed by atoms with Gasteiger partial charge < -0.3 is 29.4 Å². The molecule has 2 N–H and O–H groups in total.